The van der Waals surface area contributed by atoms with Crippen molar-refractivity contribution >= 4 is 0 Å². The summed E-state index contributed by atoms with van der Waals surface area (Å²) in [5.41, 5.74) is 1.22. The fourth-order valence-electron chi connectivity index (χ4n) is 2.25. The molecule has 1 saturated carbocycles. The zero-order valence-corrected chi connectivity index (χ0v) is 9.45. The lowest BCUT2D eigenvalue weighted by molar-refractivity contribution is 0.228. The molecule has 2 heteroatoms. The highest BCUT2D eigenvalue weighted by Gasteiger charge is 2.26. The maximum absolute atomic E-state index is 4.40. The quantitative estimate of drug-likeness (QED) is 0.796. The topological polar surface area (TPSA) is 24.9 Å². The number of likely N-dealkylation sites (N-methyl/N-ethyl adjacent to an activating group) is 1. The molecule has 15 heavy (non-hydrogen) atoms. The Kier molecular flexibility index (Phi) is 3.73. The van der Waals surface area contributed by atoms with Crippen molar-refractivity contribution in [3.8, 4) is 0 Å². The summed E-state index contributed by atoms with van der Waals surface area (Å²) >= 11 is 0. The Balaban J connectivity index is 1.93. The van der Waals surface area contributed by atoms with Gasteiger partial charge in [0.25, 0.3) is 0 Å². The van der Waals surface area contributed by atoms with E-state index in [0.717, 1.165) is 18.9 Å². The smallest absolute Gasteiger partial charge is 0.0419 e. The summed E-state index contributed by atoms with van der Waals surface area (Å²) in [5, 5.41) is 3.59. The first-order valence-electron chi connectivity index (χ1n) is 6.03. The first-order chi connectivity index (χ1) is 7.40. The molecule has 0 bridgehead atoms. The van der Waals surface area contributed by atoms with Crippen molar-refractivity contribution in [2.24, 2.45) is 5.92 Å². The van der Waals surface area contributed by atoms with Crippen molar-refractivity contribution in [2.75, 3.05) is 6.54 Å². The molecule has 1 unspecified atom stereocenters. The van der Waals surface area contributed by atoms with Gasteiger partial charge in [0, 0.05) is 24.4 Å². The second-order valence-electron chi connectivity index (χ2n) is 4.38. The number of pyridine rings is 1. The lowest BCUT2D eigenvalue weighted by Gasteiger charge is -2.34. The molecule has 0 amide bonds. The third kappa shape index (κ3) is 2.78. The molecule has 2 rings (SSSR count). The first-order valence-corrected chi connectivity index (χ1v) is 6.03. The van der Waals surface area contributed by atoms with Crippen LogP contribution in [0.3, 0.4) is 0 Å². The van der Waals surface area contributed by atoms with E-state index in [1.165, 1.54) is 25.0 Å². The summed E-state index contributed by atoms with van der Waals surface area (Å²) in [6, 6.07) is 6.82. The zero-order chi connectivity index (χ0) is 10.5. The number of rotatable bonds is 5. The van der Waals surface area contributed by atoms with Crippen LogP contribution in [-0.2, 0) is 6.42 Å². The minimum atomic E-state index is 0.638. The molecule has 0 aromatic carbocycles. The molecule has 0 radical (unpaired) electrons. The van der Waals surface area contributed by atoms with Gasteiger partial charge in [-0.2, -0.15) is 0 Å². The fraction of sp³-hybridized carbons (Fsp3) is 0.615. The van der Waals surface area contributed by atoms with Crippen LogP contribution in [0.2, 0.25) is 0 Å². The van der Waals surface area contributed by atoms with E-state index >= 15 is 0 Å². The molecule has 0 spiro atoms. The van der Waals surface area contributed by atoms with E-state index in [4.69, 9.17) is 0 Å². The van der Waals surface area contributed by atoms with Crippen LogP contribution in [-0.4, -0.2) is 17.6 Å². The first kappa shape index (κ1) is 10.6. The number of hydrogen-bond acceptors (Lipinski definition) is 2. The van der Waals surface area contributed by atoms with Crippen LogP contribution < -0.4 is 5.32 Å². The third-order valence-corrected chi connectivity index (χ3v) is 3.34. The van der Waals surface area contributed by atoms with E-state index in [2.05, 4.69) is 29.4 Å². The summed E-state index contributed by atoms with van der Waals surface area (Å²) in [4.78, 5) is 4.40. The van der Waals surface area contributed by atoms with E-state index in [9.17, 15) is 0 Å². The highest BCUT2D eigenvalue weighted by atomic mass is 14.9. The predicted octanol–water partition coefficient (Wildman–Crippen LogP) is 2.40. The second kappa shape index (κ2) is 5.26. The number of nitrogens with zero attached hydrogens (tertiary/aromatic N) is 1. The van der Waals surface area contributed by atoms with E-state index in [1.807, 2.05) is 12.3 Å². The summed E-state index contributed by atoms with van der Waals surface area (Å²) in [6.07, 6.45) is 7.17. The summed E-state index contributed by atoms with van der Waals surface area (Å²) < 4.78 is 0. The molecule has 2 nitrogen and oxygen atoms in total. The zero-order valence-electron chi connectivity index (χ0n) is 9.45. The molecule has 0 saturated heterocycles. The van der Waals surface area contributed by atoms with Gasteiger partial charge in [-0.15, -0.1) is 0 Å². The SMILES string of the molecule is CCNC(Cc1ccccn1)C1CCC1. The number of nitrogens with one attached hydrogen (secondary N) is 1. The second-order valence-corrected chi connectivity index (χ2v) is 4.38. The fourth-order valence-corrected chi connectivity index (χ4v) is 2.25. The Morgan fingerprint density at radius 2 is 2.33 bits per heavy atom. The monoisotopic (exact) mass is 204 g/mol. The minimum Gasteiger partial charge on any atom is -0.314 e. The van der Waals surface area contributed by atoms with E-state index < -0.39 is 0 Å². The van der Waals surface area contributed by atoms with Gasteiger partial charge >= 0.3 is 0 Å². The van der Waals surface area contributed by atoms with Gasteiger partial charge in [-0.05, 0) is 37.4 Å². The molecule has 1 atom stereocenters. The maximum atomic E-state index is 4.40. The average molecular weight is 204 g/mol. The Morgan fingerprint density at radius 1 is 1.47 bits per heavy atom. The van der Waals surface area contributed by atoms with Gasteiger partial charge in [-0.1, -0.05) is 19.4 Å². The van der Waals surface area contributed by atoms with Gasteiger partial charge in [0.05, 0.1) is 0 Å². The van der Waals surface area contributed by atoms with Gasteiger partial charge in [-0.25, -0.2) is 0 Å². The van der Waals surface area contributed by atoms with Crippen molar-refractivity contribution < 1.29 is 0 Å². The average Bonchev–Trinajstić information content (AvgIpc) is 2.17. The Hall–Kier alpha value is -0.890. The van der Waals surface area contributed by atoms with Crippen molar-refractivity contribution in [1.82, 2.24) is 10.3 Å². The van der Waals surface area contributed by atoms with Crippen molar-refractivity contribution in [3.63, 3.8) is 0 Å². The summed E-state index contributed by atoms with van der Waals surface area (Å²) in [5.74, 6) is 0.881. The molecule has 1 aromatic rings. The third-order valence-electron chi connectivity index (χ3n) is 3.34. The molecule has 1 fully saturated rings. The summed E-state index contributed by atoms with van der Waals surface area (Å²) in [7, 11) is 0. The van der Waals surface area contributed by atoms with E-state index in [-0.39, 0.29) is 0 Å². The Labute approximate surface area is 92.1 Å². The maximum Gasteiger partial charge on any atom is 0.0419 e. The van der Waals surface area contributed by atoms with Crippen LogP contribution >= 0.6 is 0 Å². The van der Waals surface area contributed by atoms with Crippen LogP contribution in [0.5, 0.6) is 0 Å². The van der Waals surface area contributed by atoms with Gasteiger partial charge in [0.2, 0.25) is 0 Å². The lowest BCUT2D eigenvalue weighted by Crippen LogP contribution is -2.41. The van der Waals surface area contributed by atoms with Crippen LogP contribution in [0.1, 0.15) is 31.9 Å². The standard InChI is InChI=1S/C13H20N2/c1-2-14-13(11-6-5-7-11)10-12-8-3-4-9-15-12/h3-4,8-9,11,13-14H,2,5-7,10H2,1H3. The van der Waals surface area contributed by atoms with Crippen LogP contribution in [0.25, 0.3) is 0 Å². The number of hydrogen-bond donors (Lipinski definition) is 1. The molecule has 1 aliphatic carbocycles. The molecule has 1 N–H and O–H groups in total. The molecule has 82 valence electrons. The number of aromatic nitrogens is 1. The Bertz CT molecular complexity index is 280. The molecular formula is C13H20N2. The van der Waals surface area contributed by atoms with Crippen LogP contribution in [0.15, 0.2) is 24.4 Å². The van der Waals surface area contributed by atoms with Gasteiger partial charge < -0.3 is 5.32 Å². The highest BCUT2D eigenvalue weighted by molar-refractivity contribution is 5.06. The van der Waals surface area contributed by atoms with Gasteiger partial charge in [0.1, 0.15) is 0 Å². The highest BCUT2D eigenvalue weighted by Crippen LogP contribution is 2.30. The van der Waals surface area contributed by atoms with Crippen LogP contribution in [0.4, 0.5) is 0 Å². The Morgan fingerprint density at radius 3 is 2.87 bits per heavy atom. The van der Waals surface area contributed by atoms with Gasteiger partial charge in [0.15, 0.2) is 0 Å². The molecular weight excluding hydrogens is 184 g/mol. The normalized spacial score (nSPS) is 18.5. The van der Waals surface area contributed by atoms with Gasteiger partial charge in [-0.3, -0.25) is 4.98 Å². The predicted molar refractivity (Wildman–Crippen MR) is 62.7 cm³/mol. The van der Waals surface area contributed by atoms with Crippen molar-refractivity contribution in [2.45, 2.75) is 38.6 Å². The van der Waals surface area contributed by atoms with Crippen molar-refractivity contribution in [3.05, 3.63) is 30.1 Å². The summed E-state index contributed by atoms with van der Waals surface area (Å²) in [6.45, 7) is 3.25. The molecule has 1 aliphatic rings. The van der Waals surface area contributed by atoms with E-state index in [0.29, 0.717) is 6.04 Å². The van der Waals surface area contributed by atoms with Crippen molar-refractivity contribution in [1.29, 1.82) is 0 Å². The lowest BCUT2D eigenvalue weighted by atomic mass is 9.78. The molecule has 1 heterocycles. The van der Waals surface area contributed by atoms with E-state index in [1.54, 1.807) is 0 Å². The molecule has 0 aliphatic heterocycles. The largest absolute Gasteiger partial charge is 0.314 e. The van der Waals surface area contributed by atoms with Crippen LogP contribution in [0, 0.1) is 5.92 Å². The molecule has 1 aromatic heterocycles. The minimum absolute atomic E-state index is 0.638.